The highest BCUT2D eigenvalue weighted by atomic mass is 16.2. The van der Waals surface area contributed by atoms with Crippen molar-refractivity contribution < 1.29 is 4.79 Å². The Morgan fingerprint density at radius 3 is 2.94 bits per heavy atom. The Morgan fingerprint density at radius 2 is 2.31 bits per heavy atom. The van der Waals surface area contributed by atoms with Gasteiger partial charge in [0, 0.05) is 32.2 Å². The Labute approximate surface area is 95.5 Å². The van der Waals surface area contributed by atoms with Crippen molar-refractivity contribution in [2.45, 2.75) is 25.9 Å². The van der Waals surface area contributed by atoms with E-state index in [1.54, 1.807) is 17.1 Å². The van der Waals surface area contributed by atoms with Gasteiger partial charge in [-0.3, -0.25) is 4.79 Å². The summed E-state index contributed by atoms with van der Waals surface area (Å²) in [6, 6.07) is 0.590. The van der Waals surface area contributed by atoms with Crippen molar-refractivity contribution in [1.82, 2.24) is 19.8 Å². The first-order valence-electron chi connectivity index (χ1n) is 5.60. The van der Waals surface area contributed by atoms with Crippen molar-refractivity contribution in [2.24, 2.45) is 7.05 Å². The fourth-order valence-electron chi connectivity index (χ4n) is 2.01. The van der Waals surface area contributed by atoms with Crippen LogP contribution in [0.3, 0.4) is 0 Å². The molecular weight excluding hydrogens is 204 g/mol. The summed E-state index contributed by atoms with van der Waals surface area (Å²) in [6.07, 6.45) is 3.28. The van der Waals surface area contributed by atoms with Crippen LogP contribution in [0.2, 0.25) is 0 Å². The summed E-state index contributed by atoms with van der Waals surface area (Å²) in [6.45, 7) is 5.76. The van der Waals surface area contributed by atoms with Gasteiger partial charge in [-0.1, -0.05) is 0 Å². The Balaban J connectivity index is 2.18. The predicted octanol–water partition coefficient (Wildman–Crippen LogP) is 0.242. The van der Waals surface area contributed by atoms with Crippen LogP contribution in [-0.4, -0.2) is 45.5 Å². The Morgan fingerprint density at radius 1 is 1.56 bits per heavy atom. The number of carbonyl (C=O) groups is 1. The minimum Gasteiger partial charge on any atom is -0.332 e. The summed E-state index contributed by atoms with van der Waals surface area (Å²) in [7, 11) is 1.84. The molecule has 0 saturated carbocycles. The fraction of sp³-hybridized carbons (Fsp3) is 0.636. The highest BCUT2D eigenvalue weighted by Gasteiger charge is 2.28. The first kappa shape index (κ1) is 11.1. The number of aryl methyl sites for hydroxylation is 1. The Bertz CT molecular complexity index is 387. The number of hydrogen-bond donors (Lipinski definition) is 1. The van der Waals surface area contributed by atoms with Gasteiger partial charge < -0.3 is 14.8 Å². The Hall–Kier alpha value is -1.36. The third-order valence-electron chi connectivity index (χ3n) is 3.06. The smallest absolute Gasteiger partial charge is 0.272 e. The SMILES string of the molecule is CC1CN(C(=O)c2cncn2C)C(C)CN1. The van der Waals surface area contributed by atoms with Crippen LogP contribution in [0.5, 0.6) is 0 Å². The Kier molecular flexibility index (Phi) is 2.96. The van der Waals surface area contributed by atoms with Crippen LogP contribution in [-0.2, 0) is 7.05 Å². The van der Waals surface area contributed by atoms with E-state index >= 15 is 0 Å². The molecule has 2 rings (SSSR count). The molecule has 2 heterocycles. The summed E-state index contributed by atoms with van der Waals surface area (Å²) < 4.78 is 1.77. The van der Waals surface area contributed by atoms with Crippen LogP contribution in [0.15, 0.2) is 12.5 Å². The number of imidazole rings is 1. The van der Waals surface area contributed by atoms with Gasteiger partial charge in [-0.25, -0.2) is 4.98 Å². The lowest BCUT2D eigenvalue weighted by Gasteiger charge is -2.37. The molecule has 0 aliphatic carbocycles. The lowest BCUT2D eigenvalue weighted by Crippen LogP contribution is -2.56. The highest BCUT2D eigenvalue weighted by molar-refractivity contribution is 5.92. The molecule has 5 heteroatoms. The van der Waals surface area contributed by atoms with Crippen molar-refractivity contribution >= 4 is 5.91 Å². The van der Waals surface area contributed by atoms with Crippen LogP contribution in [0.4, 0.5) is 0 Å². The zero-order valence-corrected chi connectivity index (χ0v) is 9.97. The number of nitrogens with zero attached hydrogens (tertiary/aromatic N) is 3. The molecule has 0 aromatic carbocycles. The molecule has 1 N–H and O–H groups in total. The number of amides is 1. The number of piperazine rings is 1. The number of rotatable bonds is 1. The number of hydrogen-bond acceptors (Lipinski definition) is 3. The van der Waals surface area contributed by atoms with Crippen LogP contribution >= 0.6 is 0 Å². The molecule has 0 spiro atoms. The van der Waals surface area contributed by atoms with E-state index < -0.39 is 0 Å². The van der Waals surface area contributed by atoms with Crippen LogP contribution in [0.25, 0.3) is 0 Å². The summed E-state index contributed by atoms with van der Waals surface area (Å²) in [5, 5.41) is 3.36. The van der Waals surface area contributed by atoms with Gasteiger partial charge in [0.15, 0.2) is 0 Å². The second-order valence-corrected chi connectivity index (χ2v) is 4.51. The van der Waals surface area contributed by atoms with E-state index in [1.165, 1.54) is 0 Å². The summed E-state index contributed by atoms with van der Waals surface area (Å²) in [5.41, 5.74) is 0.654. The third kappa shape index (κ3) is 1.95. The number of nitrogens with one attached hydrogen (secondary N) is 1. The molecule has 1 aromatic rings. The summed E-state index contributed by atoms with van der Waals surface area (Å²) in [5.74, 6) is 0.0702. The second-order valence-electron chi connectivity index (χ2n) is 4.51. The molecule has 1 saturated heterocycles. The van der Waals surface area contributed by atoms with Crippen LogP contribution < -0.4 is 5.32 Å². The molecule has 1 aliphatic heterocycles. The van der Waals surface area contributed by atoms with Crippen molar-refractivity contribution in [1.29, 1.82) is 0 Å². The van der Waals surface area contributed by atoms with E-state index in [0.29, 0.717) is 11.7 Å². The molecular formula is C11H18N4O. The topological polar surface area (TPSA) is 50.2 Å². The molecule has 1 amide bonds. The minimum atomic E-state index is 0.0702. The average Bonchev–Trinajstić information content (AvgIpc) is 2.67. The standard InChI is InChI=1S/C11H18N4O/c1-8-6-15(9(2)4-13-8)11(16)10-5-12-7-14(10)3/h5,7-9,13H,4,6H2,1-3H3. The lowest BCUT2D eigenvalue weighted by molar-refractivity contribution is 0.0606. The fourth-order valence-corrected chi connectivity index (χ4v) is 2.01. The monoisotopic (exact) mass is 222 g/mol. The van der Waals surface area contributed by atoms with Crippen LogP contribution in [0, 0.1) is 0 Å². The molecule has 0 bridgehead atoms. The molecule has 88 valence electrons. The quantitative estimate of drug-likeness (QED) is 0.740. The van der Waals surface area contributed by atoms with Gasteiger partial charge in [0.25, 0.3) is 5.91 Å². The number of aromatic nitrogens is 2. The van der Waals surface area contributed by atoms with E-state index in [0.717, 1.165) is 13.1 Å². The highest BCUT2D eigenvalue weighted by Crippen LogP contribution is 2.11. The van der Waals surface area contributed by atoms with Crippen molar-refractivity contribution in [3.63, 3.8) is 0 Å². The maximum atomic E-state index is 12.3. The van der Waals surface area contributed by atoms with E-state index in [1.807, 2.05) is 11.9 Å². The first-order valence-corrected chi connectivity index (χ1v) is 5.60. The van der Waals surface area contributed by atoms with E-state index in [4.69, 9.17) is 0 Å². The average molecular weight is 222 g/mol. The minimum absolute atomic E-state index is 0.0702. The second kappa shape index (κ2) is 4.25. The molecule has 16 heavy (non-hydrogen) atoms. The van der Waals surface area contributed by atoms with E-state index in [2.05, 4.69) is 24.1 Å². The molecule has 2 unspecified atom stereocenters. The largest absolute Gasteiger partial charge is 0.332 e. The van der Waals surface area contributed by atoms with Gasteiger partial charge in [-0.2, -0.15) is 0 Å². The first-order chi connectivity index (χ1) is 7.59. The molecule has 1 fully saturated rings. The van der Waals surface area contributed by atoms with Crippen molar-refractivity contribution in [3.8, 4) is 0 Å². The normalized spacial score (nSPS) is 25.8. The van der Waals surface area contributed by atoms with Crippen LogP contribution in [0.1, 0.15) is 24.3 Å². The summed E-state index contributed by atoms with van der Waals surface area (Å²) >= 11 is 0. The van der Waals surface area contributed by atoms with Gasteiger partial charge in [0.1, 0.15) is 5.69 Å². The molecule has 1 aliphatic rings. The lowest BCUT2D eigenvalue weighted by atomic mass is 10.1. The predicted molar refractivity (Wildman–Crippen MR) is 61.2 cm³/mol. The zero-order chi connectivity index (χ0) is 11.7. The van der Waals surface area contributed by atoms with Crippen molar-refractivity contribution in [3.05, 3.63) is 18.2 Å². The van der Waals surface area contributed by atoms with Gasteiger partial charge in [-0.15, -0.1) is 0 Å². The molecule has 2 atom stereocenters. The van der Waals surface area contributed by atoms with Gasteiger partial charge in [0.2, 0.25) is 0 Å². The maximum absolute atomic E-state index is 12.3. The molecule has 1 aromatic heterocycles. The molecule has 5 nitrogen and oxygen atoms in total. The van der Waals surface area contributed by atoms with Gasteiger partial charge in [-0.05, 0) is 13.8 Å². The van der Waals surface area contributed by atoms with Gasteiger partial charge in [0.05, 0.1) is 12.5 Å². The van der Waals surface area contributed by atoms with Crippen molar-refractivity contribution in [2.75, 3.05) is 13.1 Å². The third-order valence-corrected chi connectivity index (χ3v) is 3.06. The van der Waals surface area contributed by atoms with E-state index in [9.17, 15) is 4.79 Å². The zero-order valence-electron chi connectivity index (χ0n) is 9.97. The molecule has 0 radical (unpaired) electrons. The maximum Gasteiger partial charge on any atom is 0.272 e. The number of carbonyl (C=O) groups excluding carboxylic acids is 1. The van der Waals surface area contributed by atoms with Gasteiger partial charge >= 0.3 is 0 Å². The van der Waals surface area contributed by atoms with E-state index in [-0.39, 0.29) is 11.9 Å². The summed E-state index contributed by atoms with van der Waals surface area (Å²) in [4.78, 5) is 18.2.